The van der Waals surface area contributed by atoms with E-state index < -0.39 is 0 Å². The molecule has 2 atom stereocenters. The fourth-order valence-electron chi connectivity index (χ4n) is 5.21. The molecule has 4 heterocycles. The molecule has 0 radical (unpaired) electrons. The Morgan fingerprint density at radius 3 is 2.97 bits per heavy atom. The number of hydrogen-bond donors (Lipinski definition) is 0. The molecule has 1 saturated heterocycles. The Balaban J connectivity index is 1.55. The first-order valence-corrected chi connectivity index (χ1v) is 10.5. The number of aryl methyl sites for hydroxylation is 3. The second-order valence-corrected chi connectivity index (χ2v) is 8.57. The number of hydrogen-bond acceptors (Lipinski definition) is 6. The Bertz CT molecular complexity index is 1110. The van der Waals surface area contributed by atoms with E-state index in [0.717, 1.165) is 49.3 Å². The second kappa shape index (κ2) is 7.00. The summed E-state index contributed by atoms with van der Waals surface area (Å²) in [7, 11) is 0. The summed E-state index contributed by atoms with van der Waals surface area (Å²) in [5.41, 5.74) is 4.04. The number of nitrogens with zero attached hydrogens (tertiary/aromatic N) is 5. The van der Waals surface area contributed by atoms with Crippen LogP contribution in [0, 0.1) is 13.8 Å². The lowest BCUT2D eigenvalue weighted by molar-refractivity contribution is 0.0377. The smallest absolute Gasteiger partial charge is 0.260 e. The minimum Gasteiger partial charge on any atom is -0.360 e. The van der Waals surface area contributed by atoms with E-state index >= 15 is 0 Å². The lowest BCUT2D eigenvalue weighted by Crippen LogP contribution is -2.58. The Labute approximate surface area is 175 Å². The number of rotatable bonds is 2. The molecule has 0 bridgehead atoms. The van der Waals surface area contributed by atoms with E-state index in [1.807, 2.05) is 30.2 Å². The third-order valence-corrected chi connectivity index (χ3v) is 6.69. The molecular weight excluding hydrogens is 378 g/mol. The van der Waals surface area contributed by atoms with Gasteiger partial charge in [-0.05, 0) is 57.2 Å². The van der Waals surface area contributed by atoms with Crippen LogP contribution in [-0.4, -0.2) is 43.5 Å². The summed E-state index contributed by atoms with van der Waals surface area (Å²) in [6, 6.07) is 3.83. The Morgan fingerprint density at radius 1 is 1.30 bits per heavy atom. The minimum absolute atomic E-state index is 0.0160. The van der Waals surface area contributed by atoms with E-state index in [1.165, 1.54) is 5.56 Å². The highest BCUT2D eigenvalue weighted by Crippen LogP contribution is 2.45. The van der Waals surface area contributed by atoms with Gasteiger partial charge in [-0.25, -0.2) is 9.97 Å². The fourth-order valence-corrected chi connectivity index (χ4v) is 5.21. The van der Waals surface area contributed by atoms with Gasteiger partial charge in [-0.3, -0.25) is 9.78 Å². The van der Waals surface area contributed by atoms with E-state index in [2.05, 4.69) is 22.0 Å². The molecule has 0 aromatic carbocycles. The van der Waals surface area contributed by atoms with E-state index in [9.17, 15) is 4.79 Å². The molecular formula is C23H25N5O2. The Kier molecular flexibility index (Phi) is 4.41. The molecule has 7 heteroatoms. The molecule has 0 saturated carbocycles. The predicted octanol–water partition coefficient (Wildman–Crippen LogP) is 3.65. The van der Waals surface area contributed by atoms with Crippen LogP contribution in [0.1, 0.15) is 59.4 Å². The first-order valence-electron chi connectivity index (χ1n) is 10.5. The number of amides is 1. The molecule has 0 spiro atoms. The van der Waals surface area contributed by atoms with Gasteiger partial charge in [0.2, 0.25) is 0 Å². The van der Waals surface area contributed by atoms with Crippen LogP contribution in [0.25, 0.3) is 11.3 Å². The van der Waals surface area contributed by atoms with Gasteiger partial charge < -0.3 is 9.42 Å². The van der Waals surface area contributed by atoms with Crippen molar-refractivity contribution in [2.75, 3.05) is 6.54 Å². The maximum Gasteiger partial charge on any atom is 0.260 e. The van der Waals surface area contributed by atoms with Crippen molar-refractivity contribution < 1.29 is 9.32 Å². The van der Waals surface area contributed by atoms with Crippen molar-refractivity contribution in [3.63, 3.8) is 0 Å². The van der Waals surface area contributed by atoms with Gasteiger partial charge in [0.1, 0.15) is 22.8 Å². The van der Waals surface area contributed by atoms with E-state index in [0.29, 0.717) is 17.0 Å². The first-order chi connectivity index (χ1) is 14.5. The summed E-state index contributed by atoms with van der Waals surface area (Å²) in [6.07, 6.45) is 9.13. The summed E-state index contributed by atoms with van der Waals surface area (Å²) in [5, 5.41) is 4.19. The zero-order chi connectivity index (χ0) is 20.9. The largest absolute Gasteiger partial charge is 0.360 e. The Morgan fingerprint density at radius 2 is 2.17 bits per heavy atom. The molecule has 1 amide bonds. The highest BCUT2D eigenvalue weighted by Gasteiger charge is 2.49. The van der Waals surface area contributed by atoms with Crippen molar-refractivity contribution in [1.82, 2.24) is 25.0 Å². The standard InChI is InChI=1S/C23H25N5O2/c1-14-19(20(27-30-14)16-6-4-10-24-12-16)22(29)28-11-5-9-23(3)18(28)8-7-17-13-25-15(2)26-21(17)23/h4,6,10,12-13,18H,5,7-9,11H2,1-3H3/t18?,23-/m1/s1. The van der Waals surface area contributed by atoms with Crippen molar-refractivity contribution in [1.29, 1.82) is 0 Å². The molecule has 3 aromatic heterocycles. The van der Waals surface area contributed by atoms with Crippen LogP contribution in [0.3, 0.4) is 0 Å². The van der Waals surface area contributed by atoms with Crippen LogP contribution in [0.15, 0.2) is 35.2 Å². The third kappa shape index (κ3) is 2.83. The van der Waals surface area contributed by atoms with Gasteiger partial charge in [0.25, 0.3) is 5.91 Å². The lowest BCUT2D eigenvalue weighted by Gasteiger charge is -2.51. The lowest BCUT2D eigenvalue weighted by atomic mass is 9.65. The fraction of sp³-hybridized carbons (Fsp3) is 0.435. The van der Waals surface area contributed by atoms with Gasteiger partial charge in [-0.2, -0.15) is 0 Å². The van der Waals surface area contributed by atoms with E-state index in [4.69, 9.17) is 9.51 Å². The normalized spacial score (nSPS) is 23.0. The Hall–Kier alpha value is -3.09. The van der Waals surface area contributed by atoms with Crippen LogP contribution >= 0.6 is 0 Å². The van der Waals surface area contributed by atoms with Crippen molar-refractivity contribution in [3.8, 4) is 11.3 Å². The summed E-state index contributed by atoms with van der Waals surface area (Å²) < 4.78 is 5.45. The second-order valence-electron chi connectivity index (χ2n) is 8.57. The third-order valence-electron chi connectivity index (χ3n) is 6.69. The molecule has 154 valence electrons. The zero-order valence-corrected chi connectivity index (χ0v) is 17.6. The molecule has 1 unspecified atom stereocenters. The molecule has 3 aromatic rings. The molecule has 1 aliphatic heterocycles. The number of carbonyl (C=O) groups is 1. The number of aromatic nitrogens is 4. The van der Waals surface area contributed by atoms with E-state index in [-0.39, 0.29) is 17.4 Å². The van der Waals surface area contributed by atoms with Crippen LogP contribution < -0.4 is 0 Å². The summed E-state index contributed by atoms with van der Waals surface area (Å²) in [5.74, 6) is 1.31. The first kappa shape index (κ1) is 18.9. The number of pyridine rings is 1. The average molecular weight is 403 g/mol. The maximum atomic E-state index is 13.8. The van der Waals surface area contributed by atoms with Crippen LogP contribution in [0.5, 0.6) is 0 Å². The monoisotopic (exact) mass is 403 g/mol. The number of likely N-dealkylation sites (tertiary alicyclic amines) is 1. The van der Waals surface area contributed by atoms with Crippen molar-refractivity contribution >= 4 is 5.91 Å². The number of piperidine rings is 1. The van der Waals surface area contributed by atoms with Crippen LogP contribution in [0.2, 0.25) is 0 Å². The molecule has 5 rings (SSSR count). The van der Waals surface area contributed by atoms with Gasteiger partial charge in [0.05, 0.1) is 5.69 Å². The van der Waals surface area contributed by atoms with Gasteiger partial charge in [-0.1, -0.05) is 12.1 Å². The van der Waals surface area contributed by atoms with Crippen molar-refractivity contribution in [2.24, 2.45) is 0 Å². The quantitative estimate of drug-likeness (QED) is 0.649. The molecule has 7 nitrogen and oxygen atoms in total. The molecule has 30 heavy (non-hydrogen) atoms. The summed E-state index contributed by atoms with van der Waals surface area (Å²) in [4.78, 5) is 29.2. The van der Waals surface area contributed by atoms with Gasteiger partial charge in [0, 0.05) is 42.2 Å². The molecule has 1 fully saturated rings. The predicted molar refractivity (Wildman–Crippen MR) is 111 cm³/mol. The van der Waals surface area contributed by atoms with Gasteiger partial charge in [0.15, 0.2) is 0 Å². The summed E-state index contributed by atoms with van der Waals surface area (Å²) in [6.45, 7) is 6.72. The minimum atomic E-state index is -0.172. The average Bonchev–Trinajstić information content (AvgIpc) is 3.14. The maximum absolute atomic E-state index is 13.8. The van der Waals surface area contributed by atoms with E-state index in [1.54, 1.807) is 19.3 Å². The zero-order valence-electron chi connectivity index (χ0n) is 17.6. The highest BCUT2D eigenvalue weighted by molar-refractivity contribution is 6.01. The molecule has 1 aliphatic carbocycles. The SMILES string of the molecule is Cc1ncc2c(n1)[C@]1(C)CCCN(C(=O)c3c(-c4cccnc4)noc3C)C1CC2. The van der Waals surface area contributed by atoms with Crippen molar-refractivity contribution in [2.45, 2.75) is 57.9 Å². The highest BCUT2D eigenvalue weighted by atomic mass is 16.5. The molecule has 0 N–H and O–H groups in total. The number of carbonyl (C=O) groups excluding carboxylic acids is 1. The number of fused-ring (bicyclic) bond motifs is 3. The van der Waals surface area contributed by atoms with Crippen LogP contribution in [0.4, 0.5) is 0 Å². The van der Waals surface area contributed by atoms with Crippen molar-refractivity contribution in [3.05, 3.63) is 59.1 Å². The topological polar surface area (TPSA) is 85.0 Å². The van der Waals surface area contributed by atoms with Gasteiger partial charge >= 0.3 is 0 Å². The summed E-state index contributed by atoms with van der Waals surface area (Å²) >= 11 is 0. The van der Waals surface area contributed by atoms with Gasteiger partial charge in [-0.15, -0.1) is 0 Å². The van der Waals surface area contributed by atoms with Crippen LogP contribution in [-0.2, 0) is 11.8 Å². The molecule has 2 aliphatic rings.